The lowest BCUT2D eigenvalue weighted by Gasteiger charge is -2.10. The third-order valence-electron chi connectivity index (χ3n) is 2.29. The van der Waals surface area contributed by atoms with Crippen LogP contribution in [0, 0.1) is 0 Å². The Morgan fingerprint density at radius 3 is 2.84 bits per heavy atom. The van der Waals surface area contributed by atoms with Crippen LogP contribution in [0.2, 0.25) is 5.02 Å². The van der Waals surface area contributed by atoms with Crippen molar-refractivity contribution in [3.05, 3.63) is 41.2 Å². The van der Waals surface area contributed by atoms with Crippen molar-refractivity contribution in [2.24, 2.45) is 0 Å². The molecule has 0 fully saturated rings. The van der Waals surface area contributed by atoms with Crippen LogP contribution in [0.25, 0.3) is 0 Å². The van der Waals surface area contributed by atoms with Crippen molar-refractivity contribution in [1.82, 2.24) is 15.0 Å². The van der Waals surface area contributed by atoms with E-state index >= 15 is 0 Å². The summed E-state index contributed by atoms with van der Waals surface area (Å²) >= 11 is 5.89. The summed E-state index contributed by atoms with van der Waals surface area (Å²) in [5, 5.41) is 18.8. The van der Waals surface area contributed by atoms with Crippen LogP contribution in [-0.2, 0) is 11.3 Å². The molecule has 1 heterocycles. The number of carboxylic acid groups (broad SMARTS) is 1. The van der Waals surface area contributed by atoms with Gasteiger partial charge in [-0.3, -0.25) is 4.79 Å². The number of carbonyl (C=O) groups is 2. The summed E-state index contributed by atoms with van der Waals surface area (Å²) < 4.78 is 1.31. The molecule has 1 aromatic heterocycles. The lowest BCUT2D eigenvalue weighted by Crippen LogP contribution is -2.21. The minimum Gasteiger partial charge on any atom is -0.478 e. The maximum Gasteiger partial charge on any atom is 0.337 e. The maximum atomic E-state index is 11.8. The molecule has 0 radical (unpaired) electrons. The van der Waals surface area contributed by atoms with E-state index in [2.05, 4.69) is 15.6 Å². The van der Waals surface area contributed by atoms with Crippen LogP contribution >= 0.6 is 11.6 Å². The molecular weight excluding hydrogens is 272 g/mol. The summed E-state index contributed by atoms with van der Waals surface area (Å²) in [4.78, 5) is 22.8. The Balaban J connectivity index is 2.19. The summed E-state index contributed by atoms with van der Waals surface area (Å²) in [7, 11) is 0. The van der Waals surface area contributed by atoms with Crippen molar-refractivity contribution in [1.29, 1.82) is 0 Å². The van der Waals surface area contributed by atoms with Crippen LogP contribution in [0.5, 0.6) is 0 Å². The number of rotatable bonds is 4. The monoisotopic (exact) mass is 280 g/mol. The molecule has 0 aliphatic heterocycles. The fraction of sp³-hybridized carbons (Fsp3) is 0.0909. The number of aromatic nitrogens is 3. The molecule has 0 bridgehead atoms. The number of aromatic carboxylic acids is 1. The highest BCUT2D eigenvalue weighted by Gasteiger charge is 2.15. The zero-order valence-corrected chi connectivity index (χ0v) is 10.3. The highest BCUT2D eigenvalue weighted by molar-refractivity contribution is 6.34. The number of hydrogen-bond acceptors (Lipinski definition) is 4. The quantitative estimate of drug-likeness (QED) is 0.879. The number of carbonyl (C=O) groups excluding carboxylic acids is 1. The summed E-state index contributed by atoms with van der Waals surface area (Å²) in [6.45, 7) is -0.0791. The van der Waals surface area contributed by atoms with Crippen LogP contribution < -0.4 is 5.32 Å². The largest absolute Gasteiger partial charge is 0.478 e. The van der Waals surface area contributed by atoms with Crippen molar-refractivity contribution in [2.75, 3.05) is 5.32 Å². The first kappa shape index (κ1) is 13.0. The molecule has 0 unspecified atom stereocenters. The van der Waals surface area contributed by atoms with Gasteiger partial charge in [0, 0.05) is 6.20 Å². The molecule has 7 nitrogen and oxygen atoms in total. The Labute approximate surface area is 112 Å². The van der Waals surface area contributed by atoms with Gasteiger partial charge in [-0.05, 0) is 12.1 Å². The van der Waals surface area contributed by atoms with Gasteiger partial charge in [-0.15, -0.1) is 5.10 Å². The van der Waals surface area contributed by atoms with Gasteiger partial charge in [-0.1, -0.05) is 22.9 Å². The third kappa shape index (κ3) is 3.08. The average Bonchev–Trinajstić information content (AvgIpc) is 2.84. The van der Waals surface area contributed by atoms with Gasteiger partial charge >= 0.3 is 5.97 Å². The Bertz CT molecular complexity index is 612. The Hall–Kier alpha value is -2.41. The summed E-state index contributed by atoms with van der Waals surface area (Å²) in [5.41, 5.74) is 0.00113. The van der Waals surface area contributed by atoms with Gasteiger partial charge in [0.15, 0.2) is 0 Å². The number of halogens is 1. The number of nitrogens with zero attached hydrogens (tertiary/aromatic N) is 3. The molecule has 2 N–H and O–H groups in total. The fourth-order valence-corrected chi connectivity index (χ4v) is 1.69. The highest BCUT2D eigenvalue weighted by Crippen LogP contribution is 2.26. The predicted molar refractivity (Wildman–Crippen MR) is 67.1 cm³/mol. The fourth-order valence-electron chi connectivity index (χ4n) is 1.47. The van der Waals surface area contributed by atoms with Gasteiger partial charge in [0.25, 0.3) is 0 Å². The van der Waals surface area contributed by atoms with E-state index in [9.17, 15) is 9.59 Å². The number of hydrogen-bond donors (Lipinski definition) is 2. The summed E-state index contributed by atoms with van der Waals surface area (Å²) in [6.07, 6.45) is 2.95. The number of carboxylic acids is 1. The van der Waals surface area contributed by atoms with Gasteiger partial charge in [0.2, 0.25) is 5.91 Å². The van der Waals surface area contributed by atoms with E-state index in [4.69, 9.17) is 16.7 Å². The van der Waals surface area contributed by atoms with Crippen molar-refractivity contribution in [3.8, 4) is 0 Å². The normalized spacial score (nSPS) is 10.2. The van der Waals surface area contributed by atoms with Crippen LogP contribution in [0.1, 0.15) is 10.4 Å². The number of benzene rings is 1. The molecular formula is C11H9ClN4O3. The lowest BCUT2D eigenvalue weighted by molar-refractivity contribution is -0.116. The standard InChI is InChI=1S/C11H9ClN4O3/c12-8-3-1-2-7(11(18)19)10(8)14-9(17)6-16-5-4-13-15-16/h1-5H,6H2,(H,14,17)(H,18,19). The zero-order valence-electron chi connectivity index (χ0n) is 9.58. The lowest BCUT2D eigenvalue weighted by atomic mass is 10.2. The van der Waals surface area contributed by atoms with E-state index in [1.807, 2.05) is 0 Å². The topological polar surface area (TPSA) is 97.1 Å². The van der Waals surface area contributed by atoms with Gasteiger partial charge in [0.1, 0.15) is 6.54 Å². The first-order valence-corrected chi connectivity index (χ1v) is 5.61. The molecule has 2 rings (SSSR count). The van der Waals surface area contributed by atoms with Crippen molar-refractivity contribution in [2.45, 2.75) is 6.54 Å². The third-order valence-corrected chi connectivity index (χ3v) is 2.60. The molecule has 0 spiro atoms. The summed E-state index contributed by atoms with van der Waals surface area (Å²) in [5.74, 6) is -1.61. The minimum absolute atomic E-state index is 0.0700. The van der Waals surface area contributed by atoms with E-state index in [-0.39, 0.29) is 22.8 Å². The Morgan fingerprint density at radius 1 is 1.42 bits per heavy atom. The first-order chi connectivity index (χ1) is 9.08. The highest BCUT2D eigenvalue weighted by atomic mass is 35.5. The molecule has 0 saturated carbocycles. The van der Waals surface area contributed by atoms with E-state index < -0.39 is 11.9 Å². The van der Waals surface area contributed by atoms with Crippen molar-refractivity contribution >= 4 is 29.2 Å². The van der Waals surface area contributed by atoms with Gasteiger partial charge < -0.3 is 10.4 Å². The van der Waals surface area contributed by atoms with E-state index in [0.717, 1.165) is 0 Å². The molecule has 1 aromatic carbocycles. The summed E-state index contributed by atoms with van der Waals surface area (Å²) in [6, 6.07) is 4.36. The molecule has 8 heteroatoms. The Kier molecular flexibility index (Phi) is 3.76. The second-order valence-corrected chi connectivity index (χ2v) is 4.02. The molecule has 0 atom stereocenters. The van der Waals surface area contributed by atoms with E-state index in [1.165, 1.54) is 35.3 Å². The maximum absolute atomic E-state index is 11.8. The van der Waals surface area contributed by atoms with Crippen LogP contribution in [-0.4, -0.2) is 32.0 Å². The second kappa shape index (κ2) is 5.49. The van der Waals surface area contributed by atoms with Crippen molar-refractivity contribution in [3.63, 3.8) is 0 Å². The first-order valence-electron chi connectivity index (χ1n) is 5.23. The number of anilines is 1. The van der Waals surface area contributed by atoms with Crippen LogP contribution in [0.4, 0.5) is 5.69 Å². The zero-order chi connectivity index (χ0) is 13.8. The molecule has 0 saturated heterocycles. The second-order valence-electron chi connectivity index (χ2n) is 3.62. The molecule has 1 amide bonds. The number of amides is 1. The van der Waals surface area contributed by atoms with Crippen LogP contribution in [0.15, 0.2) is 30.6 Å². The van der Waals surface area contributed by atoms with Crippen LogP contribution in [0.3, 0.4) is 0 Å². The average molecular weight is 281 g/mol. The number of para-hydroxylation sites is 1. The van der Waals surface area contributed by atoms with E-state index in [1.54, 1.807) is 0 Å². The van der Waals surface area contributed by atoms with Gasteiger partial charge in [0.05, 0.1) is 22.5 Å². The SMILES string of the molecule is O=C(Cn1ccnn1)Nc1c(Cl)cccc1C(=O)O. The molecule has 2 aromatic rings. The smallest absolute Gasteiger partial charge is 0.337 e. The molecule has 0 aliphatic carbocycles. The van der Waals surface area contributed by atoms with Gasteiger partial charge in [-0.2, -0.15) is 0 Å². The molecule has 0 aliphatic rings. The Morgan fingerprint density at radius 2 is 2.21 bits per heavy atom. The predicted octanol–water partition coefficient (Wildman–Crippen LogP) is 1.27. The van der Waals surface area contributed by atoms with Gasteiger partial charge in [-0.25, -0.2) is 9.48 Å². The molecule has 19 heavy (non-hydrogen) atoms. The van der Waals surface area contributed by atoms with Crippen molar-refractivity contribution < 1.29 is 14.7 Å². The van der Waals surface area contributed by atoms with E-state index in [0.29, 0.717) is 0 Å². The molecule has 98 valence electrons. The minimum atomic E-state index is -1.17. The number of nitrogens with one attached hydrogen (secondary N) is 1.